The second-order valence-electron chi connectivity index (χ2n) is 4.18. The molecule has 0 bridgehead atoms. The molecule has 1 saturated carbocycles. The molecule has 0 amide bonds. The zero-order valence-electron chi connectivity index (χ0n) is 9.11. The Morgan fingerprint density at radius 2 is 2.00 bits per heavy atom. The Balaban J connectivity index is 1.47. The lowest BCUT2D eigenvalue weighted by atomic mass is 10.2. The predicted molar refractivity (Wildman–Crippen MR) is 68.2 cm³/mol. The fourth-order valence-electron chi connectivity index (χ4n) is 1.51. The van der Waals surface area contributed by atoms with E-state index in [9.17, 15) is 0 Å². The molecule has 0 atom stereocenters. The van der Waals surface area contributed by atoms with Crippen LogP contribution in [0.4, 0.5) is 0 Å². The van der Waals surface area contributed by atoms with Crippen LogP contribution in [0.3, 0.4) is 0 Å². The highest BCUT2D eigenvalue weighted by molar-refractivity contribution is 7.99. The Kier molecular flexibility index (Phi) is 4.55. The number of hydrogen-bond acceptors (Lipinski definition) is 2. The van der Waals surface area contributed by atoms with Gasteiger partial charge in [0.15, 0.2) is 0 Å². The zero-order valence-corrected chi connectivity index (χ0v) is 9.93. The lowest BCUT2D eigenvalue weighted by Gasteiger charge is -2.04. The average Bonchev–Trinajstić information content (AvgIpc) is 3.09. The van der Waals surface area contributed by atoms with Crippen molar-refractivity contribution in [3.05, 3.63) is 35.9 Å². The molecule has 2 rings (SSSR count). The summed E-state index contributed by atoms with van der Waals surface area (Å²) >= 11 is 2.10. The van der Waals surface area contributed by atoms with Crippen LogP contribution in [0.5, 0.6) is 0 Å². The van der Waals surface area contributed by atoms with Crippen LogP contribution in [-0.2, 0) is 6.54 Å². The molecule has 82 valence electrons. The third-order valence-corrected chi connectivity index (χ3v) is 3.85. The van der Waals surface area contributed by atoms with Crippen LogP contribution in [0.1, 0.15) is 18.4 Å². The number of hydrogen-bond donors (Lipinski definition) is 1. The SMILES string of the molecule is c1ccc(CNCCSCC2CC2)cc1. The van der Waals surface area contributed by atoms with E-state index in [4.69, 9.17) is 0 Å². The van der Waals surface area contributed by atoms with Gasteiger partial charge < -0.3 is 5.32 Å². The van der Waals surface area contributed by atoms with Crippen LogP contribution in [0, 0.1) is 5.92 Å². The van der Waals surface area contributed by atoms with Gasteiger partial charge in [0.25, 0.3) is 0 Å². The predicted octanol–water partition coefficient (Wildman–Crippen LogP) is 2.92. The summed E-state index contributed by atoms with van der Waals surface area (Å²) in [6, 6.07) is 10.6. The first-order valence-corrected chi connectivity index (χ1v) is 6.93. The molecule has 0 aromatic heterocycles. The first-order valence-electron chi connectivity index (χ1n) is 5.77. The van der Waals surface area contributed by atoms with E-state index in [1.54, 1.807) is 0 Å². The Hall–Kier alpha value is -0.470. The van der Waals surface area contributed by atoms with Gasteiger partial charge in [0.2, 0.25) is 0 Å². The monoisotopic (exact) mass is 221 g/mol. The maximum Gasteiger partial charge on any atom is 0.0205 e. The molecule has 0 heterocycles. The second kappa shape index (κ2) is 6.19. The van der Waals surface area contributed by atoms with Crippen molar-refractivity contribution in [2.45, 2.75) is 19.4 Å². The molecule has 1 aliphatic carbocycles. The Labute approximate surface area is 96.7 Å². The smallest absolute Gasteiger partial charge is 0.0205 e. The Morgan fingerprint density at radius 1 is 1.20 bits per heavy atom. The van der Waals surface area contributed by atoms with Gasteiger partial charge in [0.05, 0.1) is 0 Å². The quantitative estimate of drug-likeness (QED) is 0.711. The number of rotatable bonds is 7. The van der Waals surface area contributed by atoms with Gasteiger partial charge in [0, 0.05) is 18.8 Å². The second-order valence-corrected chi connectivity index (χ2v) is 5.33. The fourth-order valence-corrected chi connectivity index (χ4v) is 2.63. The molecule has 1 aliphatic rings. The van der Waals surface area contributed by atoms with Gasteiger partial charge in [-0.15, -0.1) is 0 Å². The van der Waals surface area contributed by atoms with Crippen molar-refractivity contribution in [2.75, 3.05) is 18.1 Å². The molecule has 1 fully saturated rings. The van der Waals surface area contributed by atoms with Crippen molar-refractivity contribution in [1.82, 2.24) is 5.32 Å². The van der Waals surface area contributed by atoms with Crippen molar-refractivity contribution in [2.24, 2.45) is 5.92 Å². The summed E-state index contributed by atoms with van der Waals surface area (Å²) < 4.78 is 0. The van der Waals surface area contributed by atoms with E-state index in [1.807, 2.05) is 0 Å². The lowest BCUT2D eigenvalue weighted by Crippen LogP contribution is -2.16. The van der Waals surface area contributed by atoms with Gasteiger partial charge in [-0.1, -0.05) is 30.3 Å². The molecule has 0 saturated heterocycles. The summed E-state index contributed by atoms with van der Waals surface area (Å²) in [5.41, 5.74) is 1.38. The first-order chi connectivity index (χ1) is 7.45. The van der Waals surface area contributed by atoms with E-state index in [2.05, 4.69) is 47.4 Å². The third-order valence-electron chi connectivity index (χ3n) is 2.65. The Bertz CT molecular complexity index is 269. The van der Waals surface area contributed by atoms with E-state index in [1.165, 1.54) is 29.9 Å². The fraction of sp³-hybridized carbons (Fsp3) is 0.538. The summed E-state index contributed by atoms with van der Waals surface area (Å²) in [5.74, 6) is 3.69. The van der Waals surface area contributed by atoms with Crippen LogP contribution in [0.25, 0.3) is 0 Å². The van der Waals surface area contributed by atoms with Crippen LogP contribution in [0.15, 0.2) is 30.3 Å². The molecule has 2 heteroatoms. The third kappa shape index (κ3) is 4.72. The summed E-state index contributed by atoms with van der Waals surface area (Å²) in [4.78, 5) is 0. The minimum absolute atomic E-state index is 1.00. The van der Waals surface area contributed by atoms with Crippen LogP contribution in [0.2, 0.25) is 0 Å². The van der Waals surface area contributed by atoms with Gasteiger partial charge in [-0.2, -0.15) is 11.8 Å². The van der Waals surface area contributed by atoms with Crippen molar-refractivity contribution >= 4 is 11.8 Å². The summed E-state index contributed by atoms with van der Waals surface area (Å²) in [5, 5.41) is 3.47. The van der Waals surface area contributed by atoms with Gasteiger partial charge in [-0.05, 0) is 30.1 Å². The van der Waals surface area contributed by atoms with Gasteiger partial charge >= 0.3 is 0 Å². The molecule has 0 aliphatic heterocycles. The van der Waals surface area contributed by atoms with Crippen molar-refractivity contribution < 1.29 is 0 Å². The number of thioether (sulfide) groups is 1. The van der Waals surface area contributed by atoms with E-state index in [-0.39, 0.29) is 0 Å². The van der Waals surface area contributed by atoms with E-state index >= 15 is 0 Å². The van der Waals surface area contributed by atoms with Crippen LogP contribution >= 0.6 is 11.8 Å². The Morgan fingerprint density at radius 3 is 2.73 bits per heavy atom. The average molecular weight is 221 g/mol. The summed E-state index contributed by atoms with van der Waals surface area (Å²) in [6.07, 6.45) is 2.95. The minimum atomic E-state index is 1.00. The molecule has 0 spiro atoms. The van der Waals surface area contributed by atoms with Gasteiger partial charge in [0.1, 0.15) is 0 Å². The molecule has 0 radical (unpaired) electrons. The van der Waals surface area contributed by atoms with Gasteiger partial charge in [-0.25, -0.2) is 0 Å². The van der Waals surface area contributed by atoms with Crippen molar-refractivity contribution in [3.63, 3.8) is 0 Å². The lowest BCUT2D eigenvalue weighted by molar-refractivity contribution is 0.731. The zero-order chi connectivity index (χ0) is 10.3. The molecular formula is C13H19NS. The molecule has 1 aromatic rings. The van der Waals surface area contributed by atoms with Crippen LogP contribution in [-0.4, -0.2) is 18.1 Å². The number of benzene rings is 1. The van der Waals surface area contributed by atoms with E-state index < -0.39 is 0 Å². The number of nitrogens with one attached hydrogen (secondary N) is 1. The van der Waals surface area contributed by atoms with Gasteiger partial charge in [-0.3, -0.25) is 0 Å². The van der Waals surface area contributed by atoms with Crippen molar-refractivity contribution in [1.29, 1.82) is 0 Å². The minimum Gasteiger partial charge on any atom is -0.312 e. The van der Waals surface area contributed by atoms with E-state index in [0.717, 1.165) is 19.0 Å². The van der Waals surface area contributed by atoms with E-state index in [0.29, 0.717) is 0 Å². The standard InChI is InChI=1S/C13H19NS/c1-2-4-12(5-3-1)10-14-8-9-15-11-13-6-7-13/h1-5,13-14H,6-11H2. The first kappa shape index (κ1) is 11.0. The normalized spacial score (nSPS) is 15.5. The van der Waals surface area contributed by atoms with Crippen LogP contribution < -0.4 is 5.32 Å². The molecule has 0 unspecified atom stereocenters. The molecule has 1 nitrogen and oxygen atoms in total. The topological polar surface area (TPSA) is 12.0 Å². The molecule has 1 aromatic carbocycles. The highest BCUT2D eigenvalue weighted by atomic mass is 32.2. The maximum atomic E-state index is 3.47. The molecule has 15 heavy (non-hydrogen) atoms. The van der Waals surface area contributed by atoms with Crippen molar-refractivity contribution in [3.8, 4) is 0 Å². The highest BCUT2D eigenvalue weighted by Gasteiger charge is 2.20. The summed E-state index contributed by atoms with van der Waals surface area (Å²) in [6.45, 7) is 2.14. The maximum absolute atomic E-state index is 3.47. The highest BCUT2D eigenvalue weighted by Crippen LogP contribution is 2.32. The summed E-state index contributed by atoms with van der Waals surface area (Å²) in [7, 11) is 0. The molecular weight excluding hydrogens is 202 g/mol. The molecule has 1 N–H and O–H groups in total. The largest absolute Gasteiger partial charge is 0.312 e.